The van der Waals surface area contributed by atoms with Gasteiger partial charge in [0.1, 0.15) is 12.4 Å². The molecule has 8 heteroatoms. The van der Waals surface area contributed by atoms with Gasteiger partial charge in [-0.1, -0.05) is 0 Å². The first-order valence-corrected chi connectivity index (χ1v) is 5.14. The van der Waals surface area contributed by atoms with Crippen LogP contribution in [0, 0.1) is 6.92 Å². The van der Waals surface area contributed by atoms with Crippen molar-refractivity contribution in [2.75, 3.05) is 25.1 Å². The van der Waals surface area contributed by atoms with E-state index in [2.05, 4.69) is 20.0 Å². The second kappa shape index (κ2) is 6.02. The van der Waals surface area contributed by atoms with Crippen LogP contribution < -0.4 is 5.32 Å². The topological polar surface area (TPSA) is 47.0 Å². The molecule has 0 aliphatic heterocycles. The highest BCUT2D eigenvalue weighted by molar-refractivity contribution is 6.28. The average Bonchev–Trinajstić information content (AvgIpc) is 2.13. The number of hydrogen-bond acceptors (Lipinski definition) is 4. The van der Waals surface area contributed by atoms with Crippen LogP contribution in [-0.4, -0.2) is 35.9 Å². The van der Waals surface area contributed by atoms with Gasteiger partial charge in [-0.3, -0.25) is 0 Å². The number of anilines is 1. The lowest BCUT2D eigenvalue weighted by atomic mass is 10.4. The molecule has 4 nitrogen and oxygen atoms in total. The monoisotopic (exact) mass is 269 g/mol. The van der Waals surface area contributed by atoms with Crippen molar-refractivity contribution in [3.05, 3.63) is 17.0 Å². The van der Waals surface area contributed by atoms with Crippen molar-refractivity contribution in [2.45, 2.75) is 13.1 Å². The van der Waals surface area contributed by atoms with Crippen LogP contribution in [0.4, 0.5) is 19.0 Å². The first-order valence-electron chi connectivity index (χ1n) is 4.76. The minimum absolute atomic E-state index is 0.0693. The fourth-order valence-electron chi connectivity index (χ4n) is 1.06. The minimum Gasteiger partial charge on any atom is -0.370 e. The summed E-state index contributed by atoms with van der Waals surface area (Å²) in [5.41, 5.74) is 0.670. The van der Waals surface area contributed by atoms with Gasteiger partial charge < -0.3 is 10.1 Å². The van der Waals surface area contributed by atoms with Gasteiger partial charge in [0.2, 0.25) is 5.28 Å². The van der Waals surface area contributed by atoms with Gasteiger partial charge in [-0.2, -0.15) is 13.2 Å². The van der Waals surface area contributed by atoms with E-state index in [1.165, 1.54) is 0 Å². The lowest BCUT2D eigenvalue weighted by molar-refractivity contribution is -0.172. The van der Waals surface area contributed by atoms with Crippen molar-refractivity contribution >= 4 is 17.4 Å². The van der Waals surface area contributed by atoms with E-state index in [9.17, 15) is 13.2 Å². The number of halogens is 4. The Kier molecular flexibility index (Phi) is 4.95. The van der Waals surface area contributed by atoms with E-state index < -0.39 is 12.8 Å². The smallest absolute Gasteiger partial charge is 0.370 e. The highest BCUT2D eigenvalue weighted by atomic mass is 35.5. The van der Waals surface area contributed by atoms with Gasteiger partial charge in [-0.05, 0) is 18.5 Å². The normalized spacial score (nSPS) is 11.6. The van der Waals surface area contributed by atoms with E-state index in [-0.39, 0.29) is 18.4 Å². The van der Waals surface area contributed by atoms with E-state index >= 15 is 0 Å². The van der Waals surface area contributed by atoms with Crippen molar-refractivity contribution in [3.63, 3.8) is 0 Å². The minimum atomic E-state index is -4.30. The third-order valence-electron chi connectivity index (χ3n) is 1.65. The Morgan fingerprint density at radius 1 is 1.41 bits per heavy atom. The van der Waals surface area contributed by atoms with Crippen LogP contribution in [0.2, 0.25) is 5.28 Å². The molecule has 0 radical (unpaired) electrons. The summed E-state index contributed by atoms with van der Waals surface area (Å²) in [4.78, 5) is 7.69. The van der Waals surface area contributed by atoms with Gasteiger partial charge in [0.25, 0.3) is 0 Å². The van der Waals surface area contributed by atoms with Gasteiger partial charge in [-0.25, -0.2) is 9.97 Å². The Morgan fingerprint density at radius 2 is 2.12 bits per heavy atom. The molecule has 0 aromatic carbocycles. The molecule has 1 aromatic heterocycles. The average molecular weight is 270 g/mol. The second-order valence-electron chi connectivity index (χ2n) is 3.26. The van der Waals surface area contributed by atoms with Gasteiger partial charge in [0.05, 0.1) is 6.61 Å². The zero-order valence-electron chi connectivity index (χ0n) is 9.01. The molecule has 17 heavy (non-hydrogen) atoms. The van der Waals surface area contributed by atoms with Crippen molar-refractivity contribution in [1.82, 2.24) is 9.97 Å². The molecule has 0 saturated carbocycles. The molecule has 96 valence electrons. The Morgan fingerprint density at radius 3 is 2.71 bits per heavy atom. The fourth-order valence-corrected chi connectivity index (χ4v) is 1.29. The molecule has 0 unspecified atom stereocenters. The van der Waals surface area contributed by atoms with Gasteiger partial charge in [-0.15, -0.1) is 0 Å². The molecule has 1 aromatic rings. The van der Waals surface area contributed by atoms with E-state index in [4.69, 9.17) is 11.6 Å². The summed E-state index contributed by atoms with van der Waals surface area (Å²) >= 11 is 5.61. The molecule has 0 aliphatic carbocycles. The number of aromatic nitrogens is 2. The lowest BCUT2D eigenvalue weighted by Crippen LogP contribution is -2.20. The molecule has 1 heterocycles. The van der Waals surface area contributed by atoms with Crippen LogP contribution in [0.1, 0.15) is 5.69 Å². The maximum atomic E-state index is 11.7. The number of alkyl halides is 3. The number of nitrogens with zero attached hydrogens (tertiary/aromatic N) is 2. The number of hydrogen-bond donors (Lipinski definition) is 1. The summed E-state index contributed by atoms with van der Waals surface area (Å²) in [7, 11) is 0. The molecule has 0 atom stereocenters. The summed E-state index contributed by atoms with van der Waals surface area (Å²) in [5.74, 6) is 0.457. The van der Waals surface area contributed by atoms with E-state index in [1.54, 1.807) is 13.0 Å². The number of ether oxygens (including phenoxy) is 1. The maximum absolute atomic E-state index is 11.7. The molecular weight excluding hydrogens is 259 g/mol. The van der Waals surface area contributed by atoms with Crippen molar-refractivity contribution < 1.29 is 17.9 Å². The van der Waals surface area contributed by atoms with Crippen molar-refractivity contribution in [1.29, 1.82) is 0 Å². The zero-order valence-corrected chi connectivity index (χ0v) is 9.77. The summed E-state index contributed by atoms with van der Waals surface area (Å²) in [6.45, 7) is 0.625. The first kappa shape index (κ1) is 14.0. The van der Waals surface area contributed by atoms with Crippen molar-refractivity contribution in [3.8, 4) is 0 Å². The molecule has 0 amide bonds. The van der Waals surface area contributed by atoms with Gasteiger partial charge in [0, 0.05) is 18.3 Å². The highest BCUT2D eigenvalue weighted by Gasteiger charge is 2.27. The SMILES string of the molecule is Cc1cc(NCCOCC(F)(F)F)nc(Cl)n1. The molecule has 0 fully saturated rings. The maximum Gasteiger partial charge on any atom is 0.411 e. The molecule has 0 aliphatic rings. The molecule has 1 rings (SSSR count). The standard InChI is InChI=1S/C9H11ClF3N3O/c1-6-4-7(16-8(10)15-6)14-2-3-17-5-9(11,12)13/h4H,2-3,5H2,1H3,(H,14,15,16). The third-order valence-corrected chi connectivity index (χ3v) is 1.81. The van der Waals surface area contributed by atoms with E-state index in [0.29, 0.717) is 11.5 Å². The first-order chi connectivity index (χ1) is 7.87. The van der Waals surface area contributed by atoms with E-state index in [0.717, 1.165) is 0 Å². The zero-order chi connectivity index (χ0) is 12.9. The van der Waals surface area contributed by atoms with Crippen LogP contribution >= 0.6 is 11.6 Å². The van der Waals surface area contributed by atoms with Crippen LogP contribution in [0.25, 0.3) is 0 Å². The van der Waals surface area contributed by atoms with Gasteiger partial charge >= 0.3 is 6.18 Å². The molecule has 0 bridgehead atoms. The van der Waals surface area contributed by atoms with E-state index in [1.807, 2.05) is 0 Å². The summed E-state index contributed by atoms with van der Waals surface area (Å²) in [6.07, 6.45) is -4.30. The summed E-state index contributed by atoms with van der Waals surface area (Å²) < 4.78 is 39.6. The van der Waals surface area contributed by atoms with Crippen LogP contribution in [0.5, 0.6) is 0 Å². The summed E-state index contributed by atoms with van der Waals surface area (Å²) in [5, 5.41) is 2.87. The summed E-state index contributed by atoms with van der Waals surface area (Å²) in [6, 6.07) is 1.63. The number of nitrogens with one attached hydrogen (secondary N) is 1. The quantitative estimate of drug-likeness (QED) is 0.659. The fraction of sp³-hybridized carbons (Fsp3) is 0.556. The Balaban J connectivity index is 2.27. The Bertz CT molecular complexity index is 353. The molecule has 1 N–H and O–H groups in total. The highest BCUT2D eigenvalue weighted by Crippen LogP contribution is 2.14. The largest absolute Gasteiger partial charge is 0.411 e. The van der Waals surface area contributed by atoms with Crippen LogP contribution in [-0.2, 0) is 4.74 Å². The lowest BCUT2D eigenvalue weighted by Gasteiger charge is -2.09. The second-order valence-corrected chi connectivity index (χ2v) is 3.60. The number of rotatable bonds is 5. The Labute approximate surface area is 101 Å². The molecular formula is C9H11ClF3N3O. The number of aryl methyl sites for hydroxylation is 1. The Hall–Kier alpha value is -1.08. The molecule has 0 saturated heterocycles. The van der Waals surface area contributed by atoms with Crippen LogP contribution in [0.3, 0.4) is 0 Å². The van der Waals surface area contributed by atoms with Gasteiger partial charge in [0.15, 0.2) is 0 Å². The third kappa shape index (κ3) is 6.28. The molecule has 0 spiro atoms. The van der Waals surface area contributed by atoms with Crippen LogP contribution in [0.15, 0.2) is 6.07 Å². The van der Waals surface area contributed by atoms with Crippen molar-refractivity contribution in [2.24, 2.45) is 0 Å². The predicted molar refractivity (Wildman–Crippen MR) is 57.1 cm³/mol. The predicted octanol–water partition coefficient (Wildman–Crippen LogP) is 2.43.